The lowest BCUT2D eigenvalue weighted by Gasteiger charge is -2.19. The van der Waals surface area contributed by atoms with Gasteiger partial charge in [-0.05, 0) is 56.5 Å². The van der Waals surface area contributed by atoms with Crippen LogP contribution in [0.15, 0.2) is 42.8 Å². The van der Waals surface area contributed by atoms with Crippen molar-refractivity contribution < 1.29 is 4.79 Å². The average molecular weight is 372 g/mol. The van der Waals surface area contributed by atoms with Crippen molar-refractivity contribution in [3.8, 4) is 0 Å². The molecule has 0 saturated carbocycles. The van der Waals surface area contributed by atoms with Gasteiger partial charge in [0.2, 0.25) is 0 Å². The minimum Gasteiger partial charge on any atom is -0.353 e. The van der Waals surface area contributed by atoms with Crippen LogP contribution in [0.2, 0.25) is 0 Å². The van der Waals surface area contributed by atoms with Crippen LogP contribution < -0.4 is 16.4 Å². The smallest absolute Gasteiger partial charge is 0.251 e. The number of anilines is 1. The van der Waals surface area contributed by atoms with Crippen molar-refractivity contribution >= 4 is 17.4 Å². The highest BCUT2D eigenvalue weighted by Crippen LogP contribution is 2.18. The first-order valence-electron chi connectivity index (χ1n) is 9.46. The summed E-state index contributed by atoms with van der Waals surface area (Å²) in [5.74, 6) is 0.232. The van der Waals surface area contributed by atoms with Gasteiger partial charge in [0.05, 0.1) is 5.70 Å². The predicted octanol–water partition coefficient (Wildman–Crippen LogP) is 3.48. The number of aryl methyl sites for hydroxylation is 1. The summed E-state index contributed by atoms with van der Waals surface area (Å²) in [6.07, 6.45) is 7.35. The molecule has 1 rings (SSSR count). The second-order valence-corrected chi connectivity index (χ2v) is 6.38. The normalized spacial score (nSPS) is 10.7. The van der Waals surface area contributed by atoms with Crippen molar-refractivity contribution in [3.05, 3.63) is 53.9 Å². The van der Waals surface area contributed by atoms with Gasteiger partial charge in [0.1, 0.15) is 5.84 Å². The lowest BCUT2D eigenvalue weighted by atomic mass is 10.0. The van der Waals surface area contributed by atoms with Crippen molar-refractivity contribution in [3.63, 3.8) is 0 Å². The van der Waals surface area contributed by atoms with Crippen LogP contribution in [-0.2, 0) is 6.42 Å². The van der Waals surface area contributed by atoms with Gasteiger partial charge in [-0.3, -0.25) is 10.2 Å². The van der Waals surface area contributed by atoms with E-state index in [1.807, 2.05) is 38.1 Å². The van der Waals surface area contributed by atoms with Crippen LogP contribution in [0.25, 0.3) is 0 Å². The Balaban J connectivity index is 2.74. The first-order chi connectivity index (χ1) is 12.9. The van der Waals surface area contributed by atoms with Crippen LogP contribution in [0.1, 0.15) is 49.0 Å². The van der Waals surface area contributed by atoms with Crippen molar-refractivity contribution in [2.24, 2.45) is 5.73 Å². The number of carbonyl (C=O) groups is 1. The molecule has 0 aromatic heterocycles. The topological polar surface area (TPSA) is 94.2 Å². The van der Waals surface area contributed by atoms with Gasteiger partial charge in [0.15, 0.2) is 0 Å². The summed E-state index contributed by atoms with van der Waals surface area (Å²) in [4.78, 5) is 14.1. The Bertz CT molecular complexity index is 681. The van der Waals surface area contributed by atoms with Crippen molar-refractivity contribution in [2.75, 3.05) is 25.5 Å². The lowest BCUT2D eigenvalue weighted by molar-refractivity contribution is 0.0952. The zero-order valence-corrected chi connectivity index (χ0v) is 16.8. The molecule has 0 heterocycles. The summed E-state index contributed by atoms with van der Waals surface area (Å²) in [7, 11) is 1.80. The molecule has 1 amide bonds. The summed E-state index contributed by atoms with van der Waals surface area (Å²) < 4.78 is 0. The molecular weight excluding hydrogens is 338 g/mol. The highest BCUT2D eigenvalue weighted by Gasteiger charge is 2.12. The summed E-state index contributed by atoms with van der Waals surface area (Å²) >= 11 is 0. The molecule has 0 bridgehead atoms. The standard InChI is InChI=1S/C21H33N5O/c1-5-14-26(4)20(23)16(3)25-18-10-11-19(17(6-2)15-18)21(27)24-13-9-7-8-12-22/h5,10-11,14-15,23,25H,3,6-9,12-13,22H2,1-2,4H3,(H,24,27)/b14-5-,23-20?. The van der Waals surface area contributed by atoms with Crippen LogP contribution in [0, 0.1) is 5.41 Å². The maximum absolute atomic E-state index is 12.4. The van der Waals surface area contributed by atoms with E-state index in [-0.39, 0.29) is 11.7 Å². The van der Waals surface area contributed by atoms with Crippen LogP contribution in [0.3, 0.4) is 0 Å². The Hall–Kier alpha value is -2.60. The van der Waals surface area contributed by atoms with Crippen LogP contribution in [-0.4, -0.2) is 36.8 Å². The molecule has 0 spiro atoms. The number of carbonyl (C=O) groups excluding carboxylic acids is 1. The zero-order chi connectivity index (χ0) is 20.2. The van der Waals surface area contributed by atoms with E-state index in [2.05, 4.69) is 17.2 Å². The molecule has 0 aliphatic rings. The summed E-state index contributed by atoms with van der Waals surface area (Å²) in [5.41, 5.74) is 8.44. The second kappa shape index (κ2) is 11.9. The highest BCUT2D eigenvalue weighted by molar-refractivity contribution is 5.99. The van der Waals surface area contributed by atoms with E-state index < -0.39 is 0 Å². The first-order valence-corrected chi connectivity index (χ1v) is 9.46. The Kier molecular flexibility index (Phi) is 9.90. The second-order valence-electron chi connectivity index (χ2n) is 6.38. The average Bonchev–Trinajstić information content (AvgIpc) is 2.66. The van der Waals surface area contributed by atoms with E-state index >= 15 is 0 Å². The molecular formula is C21H33N5O. The number of amides is 1. The van der Waals surface area contributed by atoms with Gasteiger partial charge in [-0.1, -0.05) is 26.0 Å². The van der Waals surface area contributed by atoms with Gasteiger partial charge in [0.25, 0.3) is 5.91 Å². The molecule has 6 nitrogen and oxygen atoms in total. The number of hydrogen-bond donors (Lipinski definition) is 4. The Morgan fingerprint density at radius 2 is 2.07 bits per heavy atom. The third-order valence-corrected chi connectivity index (χ3v) is 4.20. The summed E-state index contributed by atoms with van der Waals surface area (Å²) in [6, 6.07) is 5.61. The SMILES string of the molecule is C=C(Nc1ccc(C(=O)NCCCCCN)c(CC)c1)C(=N)N(C)/C=C\C. The van der Waals surface area contributed by atoms with Crippen LogP contribution >= 0.6 is 0 Å². The molecule has 0 aliphatic carbocycles. The molecule has 0 fully saturated rings. The molecule has 6 heteroatoms. The molecule has 1 aromatic carbocycles. The lowest BCUT2D eigenvalue weighted by Crippen LogP contribution is -2.26. The number of unbranched alkanes of at least 4 members (excludes halogenated alkanes) is 2. The van der Waals surface area contributed by atoms with Crippen molar-refractivity contribution in [2.45, 2.75) is 39.5 Å². The Morgan fingerprint density at radius 1 is 1.33 bits per heavy atom. The maximum Gasteiger partial charge on any atom is 0.251 e. The monoisotopic (exact) mass is 371 g/mol. The number of amidine groups is 1. The molecule has 0 unspecified atom stereocenters. The van der Waals surface area contributed by atoms with E-state index in [9.17, 15) is 4.79 Å². The fraction of sp³-hybridized carbons (Fsp3) is 0.429. The summed E-state index contributed by atoms with van der Waals surface area (Å²) in [5, 5.41) is 14.3. The number of benzene rings is 1. The van der Waals surface area contributed by atoms with E-state index in [1.54, 1.807) is 18.1 Å². The fourth-order valence-electron chi connectivity index (χ4n) is 2.67. The van der Waals surface area contributed by atoms with Gasteiger partial charge >= 0.3 is 0 Å². The van der Waals surface area contributed by atoms with Gasteiger partial charge in [-0.25, -0.2) is 0 Å². The van der Waals surface area contributed by atoms with Crippen molar-refractivity contribution in [1.82, 2.24) is 10.2 Å². The molecule has 0 atom stereocenters. The minimum atomic E-state index is -0.0504. The van der Waals surface area contributed by atoms with Gasteiger partial charge in [-0.15, -0.1) is 0 Å². The number of hydrogen-bond acceptors (Lipinski definition) is 4. The number of likely N-dealkylation sites (N-methyl/N-ethyl adjacent to an activating group) is 1. The number of nitrogens with zero attached hydrogens (tertiary/aromatic N) is 1. The third-order valence-electron chi connectivity index (χ3n) is 4.20. The predicted molar refractivity (Wildman–Crippen MR) is 114 cm³/mol. The quantitative estimate of drug-likeness (QED) is 0.272. The number of rotatable bonds is 11. The van der Waals surface area contributed by atoms with E-state index in [0.717, 1.165) is 36.9 Å². The summed E-state index contributed by atoms with van der Waals surface area (Å²) in [6.45, 7) is 9.20. The van der Waals surface area contributed by atoms with E-state index in [4.69, 9.17) is 11.1 Å². The Morgan fingerprint density at radius 3 is 2.70 bits per heavy atom. The molecule has 27 heavy (non-hydrogen) atoms. The van der Waals surface area contributed by atoms with E-state index in [0.29, 0.717) is 24.4 Å². The zero-order valence-electron chi connectivity index (χ0n) is 16.8. The van der Waals surface area contributed by atoms with Gasteiger partial charge in [0, 0.05) is 31.0 Å². The van der Waals surface area contributed by atoms with E-state index in [1.165, 1.54) is 0 Å². The fourth-order valence-corrected chi connectivity index (χ4v) is 2.67. The maximum atomic E-state index is 12.4. The van der Waals surface area contributed by atoms with Gasteiger partial charge < -0.3 is 21.3 Å². The number of nitrogens with one attached hydrogen (secondary N) is 3. The number of allylic oxidation sites excluding steroid dienone is 1. The molecule has 5 N–H and O–H groups in total. The number of nitrogens with two attached hydrogens (primary N) is 1. The highest BCUT2D eigenvalue weighted by atomic mass is 16.1. The van der Waals surface area contributed by atoms with Crippen LogP contribution in [0.5, 0.6) is 0 Å². The van der Waals surface area contributed by atoms with Crippen molar-refractivity contribution in [1.29, 1.82) is 5.41 Å². The minimum absolute atomic E-state index is 0.0504. The first kappa shape index (κ1) is 22.4. The molecule has 0 radical (unpaired) electrons. The molecule has 148 valence electrons. The van der Waals surface area contributed by atoms with Crippen LogP contribution in [0.4, 0.5) is 5.69 Å². The molecule has 1 aromatic rings. The third kappa shape index (κ3) is 7.27. The largest absolute Gasteiger partial charge is 0.353 e. The molecule has 0 aliphatic heterocycles. The van der Waals surface area contributed by atoms with Gasteiger partial charge in [-0.2, -0.15) is 0 Å². The molecule has 0 saturated heterocycles. The Labute approximate surface area is 163 Å².